The molecule has 10 heteroatoms. The van der Waals surface area contributed by atoms with E-state index in [1.165, 1.54) is 30.5 Å². The van der Waals surface area contributed by atoms with Gasteiger partial charge >= 0.3 is 6.18 Å². The van der Waals surface area contributed by atoms with Gasteiger partial charge in [0.15, 0.2) is 18.0 Å². The van der Waals surface area contributed by atoms with Gasteiger partial charge in [0.05, 0.1) is 0 Å². The molecule has 28 heavy (non-hydrogen) atoms. The first-order valence-electron chi connectivity index (χ1n) is 8.78. The SMILES string of the molecule is N#CNC(N)=NC(CCN1CCC(C(=O)c2ccc(F)cc2)CC1)C(F)(F)F. The molecule has 0 aromatic heterocycles. The van der Waals surface area contributed by atoms with Gasteiger partial charge in [-0.05, 0) is 56.6 Å². The van der Waals surface area contributed by atoms with Crippen molar-refractivity contribution in [2.75, 3.05) is 19.6 Å². The molecule has 1 atom stereocenters. The Kier molecular flexibility index (Phi) is 7.34. The molecule has 1 aliphatic rings. The fourth-order valence-corrected chi connectivity index (χ4v) is 3.13. The van der Waals surface area contributed by atoms with Gasteiger partial charge in [0.1, 0.15) is 5.82 Å². The first-order chi connectivity index (χ1) is 13.2. The molecular formula is C18H21F4N5O. The van der Waals surface area contributed by atoms with Crippen LogP contribution in [0, 0.1) is 23.2 Å². The summed E-state index contributed by atoms with van der Waals surface area (Å²) < 4.78 is 52.3. The summed E-state index contributed by atoms with van der Waals surface area (Å²) in [4.78, 5) is 17.6. The fourth-order valence-electron chi connectivity index (χ4n) is 3.13. The molecule has 1 unspecified atom stereocenters. The number of Topliss-reactive ketones (excluding diaryl/α,β-unsaturated/α-hetero) is 1. The Morgan fingerprint density at radius 1 is 1.32 bits per heavy atom. The second kappa shape index (κ2) is 9.50. The van der Waals surface area contributed by atoms with Crippen molar-refractivity contribution < 1.29 is 22.4 Å². The number of rotatable bonds is 6. The molecule has 6 nitrogen and oxygen atoms in total. The van der Waals surface area contributed by atoms with E-state index in [1.54, 1.807) is 0 Å². The molecule has 152 valence electrons. The number of carbonyl (C=O) groups excluding carboxylic acids is 1. The van der Waals surface area contributed by atoms with E-state index in [4.69, 9.17) is 11.0 Å². The summed E-state index contributed by atoms with van der Waals surface area (Å²) in [5.74, 6) is -1.30. The summed E-state index contributed by atoms with van der Waals surface area (Å²) in [6, 6.07) is 3.33. The van der Waals surface area contributed by atoms with Gasteiger partial charge in [-0.15, -0.1) is 0 Å². The van der Waals surface area contributed by atoms with E-state index in [1.807, 2.05) is 10.2 Å². The number of hydrogen-bond acceptors (Lipinski definition) is 4. The Morgan fingerprint density at radius 3 is 2.46 bits per heavy atom. The molecule has 0 bridgehead atoms. The summed E-state index contributed by atoms with van der Waals surface area (Å²) >= 11 is 0. The predicted molar refractivity (Wildman–Crippen MR) is 94.7 cm³/mol. The number of piperidine rings is 1. The third-order valence-corrected chi connectivity index (χ3v) is 4.66. The molecule has 1 fully saturated rings. The minimum atomic E-state index is -4.57. The fraction of sp³-hybridized carbons (Fsp3) is 0.500. The first kappa shape index (κ1) is 21.6. The second-order valence-corrected chi connectivity index (χ2v) is 6.58. The number of nitriles is 1. The van der Waals surface area contributed by atoms with Gasteiger partial charge in [-0.25, -0.2) is 9.38 Å². The zero-order valence-corrected chi connectivity index (χ0v) is 15.0. The molecule has 1 saturated heterocycles. The minimum absolute atomic E-state index is 0.0761. The molecule has 1 aromatic rings. The Balaban J connectivity index is 1.87. The van der Waals surface area contributed by atoms with Crippen LogP contribution < -0.4 is 11.1 Å². The summed E-state index contributed by atoms with van der Waals surface area (Å²) in [7, 11) is 0. The van der Waals surface area contributed by atoms with Crippen molar-refractivity contribution in [1.29, 1.82) is 5.26 Å². The van der Waals surface area contributed by atoms with E-state index >= 15 is 0 Å². The number of nitrogens with one attached hydrogen (secondary N) is 1. The van der Waals surface area contributed by atoms with Crippen LogP contribution in [0.2, 0.25) is 0 Å². The van der Waals surface area contributed by atoms with Crippen LogP contribution in [0.5, 0.6) is 0 Å². The van der Waals surface area contributed by atoms with E-state index in [0.29, 0.717) is 31.5 Å². The second-order valence-electron chi connectivity index (χ2n) is 6.58. The van der Waals surface area contributed by atoms with Crippen molar-refractivity contribution in [3.05, 3.63) is 35.6 Å². The molecule has 2 rings (SSSR count). The smallest absolute Gasteiger partial charge is 0.369 e. The van der Waals surface area contributed by atoms with Gasteiger partial charge in [-0.1, -0.05) is 0 Å². The molecule has 1 heterocycles. The molecule has 1 aromatic carbocycles. The van der Waals surface area contributed by atoms with Crippen LogP contribution in [0.1, 0.15) is 29.6 Å². The number of likely N-dealkylation sites (tertiary alicyclic amines) is 1. The van der Waals surface area contributed by atoms with E-state index in [9.17, 15) is 22.4 Å². The van der Waals surface area contributed by atoms with Gasteiger partial charge in [-0.3, -0.25) is 10.1 Å². The maximum atomic E-state index is 13.1. The van der Waals surface area contributed by atoms with Crippen molar-refractivity contribution in [3.8, 4) is 6.19 Å². The van der Waals surface area contributed by atoms with Crippen molar-refractivity contribution in [2.24, 2.45) is 16.6 Å². The van der Waals surface area contributed by atoms with Gasteiger partial charge in [0.2, 0.25) is 5.96 Å². The average Bonchev–Trinajstić information content (AvgIpc) is 2.65. The van der Waals surface area contributed by atoms with Crippen molar-refractivity contribution in [2.45, 2.75) is 31.5 Å². The van der Waals surface area contributed by atoms with Gasteiger partial charge in [0, 0.05) is 18.0 Å². The molecule has 0 amide bonds. The molecule has 0 radical (unpaired) electrons. The lowest BCUT2D eigenvalue weighted by molar-refractivity contribution is -0.149. The number of ketones is 1. The number of nitrogens with two attached hydrogens (primary N) is 1. The highest BCUT2D eigenvalue weighted by atomic mass is 19.4. The zero-order chi connectivity index (χ0) is 20.7. The lowest BCUT2D eigenvalue weighted by atomic mass is 9.89. The lowest BCUT2D eigenvalue weighted by Gasteiger charge is -2.32. The number of alkyl halides is 3. The maximum Gasteiger partial charge on any atom is 0.410 e. The largest absolute Gasteiger partial charge is 0.410 e. The lowest BCUT2D eigenvalue weighted by Crippen LogP contribution is -2.40. The Morgan fingerprint density at radius 2 is 1.93 bits per heavy atom. The van der Waals surface area contributed by atoms with Crippen molar-refractivity contribution in [1.82, 2.24) is 10.2 Å². The quantitative estimate of drug-likeness (QED) is 0.191. The highest BCUT2D eigenvalue weighted by Crippen LogP contribution is 2.27. The maximum absolute atomic E-state index is 13.1. The summed E-state index contributed by atoms with van der Waals surface area (Å²) in [6.07, 6.45) is -2.40. The average molecular weight is 399 g/mol. The number of carbonyl (C=O) groups is 1. The molecule has 0 saturated carbocycles. The number of hydrogen-bond donors (Lipinski definition) is 2. The monoisotopic (exact) mass is 399 g/mol. The predicted octanol–water partition coefficient (Wildman–Crippen LogP) is 2.43. The Bertz CT molecular complexity index is 734. The number of halogens is 4. The third-order valence-electron chi connectivity index (χ3n) is 4.66. The van der Waals surface area contributed by atoms with Crippen LogP contribution in [0.15, 0.2) is 29.3 Å². The molecule has 0 aliphatic carbocycles. The van der Waals surface area contributed by atoms with Gasteiger partial charge < -0.3 is 10.6 Å². The molecular weight excluding hydrogens is 378 g/mol. The number of nitrogens with zero attached hydrogens (tertiary/aromatic N) is 3. The van der Waals surface area contributed by atoms with Crippen LogP contribution in [-0.4, -0.2) is 48.5 Å². The summed E-state index contributed by atoms with van der Waals surface area (Å²) in [6.45, 7) is 1.11. The Labute approximate surface area is 160 Å². The topological polar surface area (TPSA) is 94.5 Å². The van der Waals surface area contributed by atoms with Crippen LogP contribution >= 0.6 is 0 Å². The molecule has 3 N–H and O–H groups in total. The Hall–Kier alpha value is -2.67. The zero-order valence-electron chi connectivity index (χ0n) is 15.0. The number of benzene rings is 1. The van der Waals surface area contributed by atoms with Crippen LogP contribution in [0.3, 0.4) is 0 Å². The first-order valence-corrected chi connectivity index (χ1v) is 8.78. The third kappa shape index (κ3) is 6.20. The number of aliphatic imine (C=N–C) groups is 1. The minimum Gasteiger partial charge on any atom is -0.369 e. The van der Waals surface area contributed by atoms with Gasteiger partial charge in [0.25, 0.3) is 0 Å². The standard InChI is InChI=1S/C18H21F4N5O/c19-14-3-1-12(2-4-14)16(28)13-5-8-27(9-6-13)10-7-15(18(20,21)22)26-17(24)25-11-23/h1-4,13,15H,5-10H2,(H3,24,25,26). The highest BCUT2D eigenvalue weighted by molar-refractivity contribution is 5.97. The van der Waals surface area contributed by atoms with E-state index in [0.717, 1.165) is 0 Å². The van der Waals surface area contributed by atoms with E-state index < -0.39 is 24.0 Å². The number of guanidine groups is 1. The molecule has 0 spiro atoms. The summed E-state index contributed by atoms with van der Waals surface area (Å²) in [5.41, 5.74) is 5.69. The highest BCUT2D eigenvalue weighted by Gasteiger charge is 2.40. The van der Waals surface area contributed by atoms with Crippen molar-refractivity contribution >= 4 is 11.7 Å². The van der Waals surface area contributed by atoms with Gasteiger partial charge in [-0.2, -0.15) is 18.4 Å². The van der Waals surface area contributed by atoms with E-state index in [2.05, 4.69) is 4.99 Å². The van der Waals surface area contributed by atoms with Crippen LogP contribution in [-0.2, 0) is 0 Å². The molecule has 1 aliphatic heterocycles. The van der Waals surface area contributed by atoms with E-state index in [-0.39, 0.29) is 24.7 Å². The normalized spacial score (nSPS) is 17.8. The van der Waals surface area contributed by atoms with Crippen molar-refractivity contribution in [3.63, 3.8) is 0 Å². The summed E-state index contributed by atoms with van der Waals surface area (Å²) in [5, 5.41) is 10.3. The van der Waals surface area contributed by atoms with Crippen LogP contribution in [0.4, 0.5) is 17.6 Å². The van der Waals surface area contributed by atoms with Crippen LogP contribution in [0.25, 0.3) is 0 Å².